The van der Waals surface area contributed by atoms with E-state index in [0.29, 0.717) is 5.75 Å². The molecule has 3 heteroatoms. The van der Waals surface area contributed by atoms with Crippen LogP contribution in [0.5, 0.6) is 5.75 Å². The second kappa shape index (κ2) is 5.89. The Kier molecular flexibility index (Phi) is 4.76. The summed E-state index contributed by atoms with van der Waals surface area (Å²) in [6.07, 6.45) is 1.68. The first-order valence-electron chi connectivity index (χ1n) is 6.45. The first kappa shape index (κ1) is 14.6. The maximum atomic E-state index is 10.7. The zero-order valence-electron chi connectivity index (χ0n) is 11.6. The summed E-state index contributed by atoms with van der Waals surface area (Å²) >= 11 is 0. The predicted molar refractivity (Wildman–Crippen MR) is 72.4 cm³/mol. The first-order chi connectivity index (χ1) is 8.42. The highest BCUT2D eigenvalue weighted by atomic mass is 16.7. The maximum absolute atomic E-state index is 10.7. The third-order valence-corrected chi connectivity index (χ3v) is 3.29. The Balaban J connectivity index is 3.23. The zero-order chi connectivity index (χ0) is 13.8. The van der Waals surface area contributed by atoms with E-state index in [2.05, 4.69) is 26.8 Å². The van der Waals surface area contributed by atoms with Gasteiger partial charge in [-0.2, -0.15) is 0 Å². The number of rotatable bonds is 5. The van der Waals surface area contributed by atoms with Crippen LogP contribution in [0.25, 0.3) is 0 Å². The Morgan fingerprint density at radius 3 is 2.50 bits per heavy atom. The highest BCUT2D eigenvalue weighted by Crippen LogP contribution is 2.35. The minimum atomic E-state index is -1.25. The first-order valence-corrected chi connectivity index (χ1v) is 6.45. The fraction of sp³-hybridized carbons (Fsp3) is 0.533. The van der Waals surface area contributed by atoms with Gasteiger partial charge in [0.1, 0.15) is 5.75 Å². The molecular formula is C15H22O3. The SMILES string of the molecule is CCCC(C)(C)c1cccc(OC(=O)O)c1CC. The summed E-state index contributed by atoms with van der Waals surface area (Å²) in [7, 11) is 0. The molecule has 0 saturated carbocycles. The molecule has 0 aliphatic rings. The molecule has 100 valence electrons. The van der Waals surface area contributed by atoms with Crippen molar-refractivity contribution in [1.82, 2.24) is 0 Å². The van der Waals surface area contributed by atoms with Gasteiger partial charge in [-0.25, -0.2) is 4.79 Å². The quantitative estimate of drug-likeness (QED) is 0.623. The Morgan fingerprint density at radius 1 is 1.33 bits per heavy atom. The lowest BCUT2D eigenvalue weighted by atomic mass is 9.77. The van der Waals surface area contributed by atoms with Crippen molar-refractivity contribution in [2.24, 2.45) is 0 Å². The van der Waals surface area contributed by atoms with Crippen molar-refractivity contribution in [3.63, 3.8) is 0 Å². The third kappa shape index (κ3) is 3.25. The molecule has 0 radical (unpaired) electrons. The van der Waals surface area contributed by atoms with Crippen LogP contribution in [0, 0.1) is 0 Å². The van der Waals surface area contributed by atoms with Crippen LogP contribution in [-0.2, 0) is 11.8 Å². The molecule has 0 bridgehead atoms. The van der Waals surface area contributed by atoms with Gasteiger partial charge >= 0.3 is 6.16 Å². The number of carbonyl (C=O) groups is 1. The molecule has 3 nitrogen and oxygen atoms in total. The second-order valence-corrected chi connectivity index (χ2v) is 5.14. The van der Waals surface area contributed by atoms with Crippen LogP contribution < -0.4 is 4.74 Å². The number of hydrogen-bond acceptors (Lipinski definition) is 2. The molecule has 0 aliphatic carbocycles. The van der Waals surface area contributed by atoms with Gasteiger partial charge in [0, 0.05) is 0 Å². The van der Waals surface area contributed by atoms with Crippen molar-refractivity contribution in [1.29, 1.82) is 0 Å². The average molecular weight is 250 g/mol. The van der Waals surface area contributed by atoms with E-state index < -0.39 is 6.16 Å². The molecule has 1 aromatic rings. The molecule has 0 fully saturated rings. The maximum Gasteiger partial charge on any atom is 0.511 e. The number of hydrogen-bond donors (Lipinski definition) is 1. The van der Waals surface area contributed by atoms with Gasteiger partial charge in [0.05, 0.1) is 0 Å². The van der Waals surface area contributed by atoms with Crippen LogP contribution in [0.2, 0.25) is 0 Å². The molecule has 1 aromatic carbocycles. The Morgan fingerprint density at radius 2 is 2.00 bits per heavy atom. The lowest BCUT2D eigenvalue weighted by Gasteiger charge is -2.28. The van der Waals surface area contributed by atoms with Crippen LogP contribution in [0.15, 0.2) is 18.2 Å². The van der Waals surface area contributed by atoms with Crippen molar-refractivity contribution in [2.75, 3.05) is 0 Å². The molecule has 0 unspecified atom stereocenters. The molecule has 0 aromatic heterocycles. The van der Waals surface area contributed by atoms with E-state index in [1.54, 1.807) is 6.07 Å². The minimum absolute atomic E-state index is 0.0396. The van der Waals surface area contributed by atoms with E-state index >= 15 is 0 Å². The summed E-state index contributed by atoms with van der Waals surface area (Å²) in [6.45, 7) is 8.56. The molecular weight excluding hydrogens is 228 g/mol. The van der Waals surface area contributed by atoms with Gasteiger partial charge in [0.15, 0.2) is 0 Å². The van der Waals surface area contributed by atoms with Crippen molar-refractivity contribution in [3.05, 3.63) is 29.3 Å². The summed E-state index contributed by atoms with van der Waals surface area (Å²) in [5.74, 6) is 0.465. The average Bonchev–Trinajstić information content (AvgIpc) is 2.27. The van der Waals surface area contributed by atoms with Crippen LogP contribution in [0.4, 0.5) is 4.79 Å². The predicted octanol–water partition coefficient (Wildman–Crippen LogP) is 4.38. The van der Waals surface area contributed by atoms with Gasteiger partial charge in [-0.15, -0.1) is 0 Å². The zero-order valence-corrected chi connectivity index (χ0v) is 11.6. The van der Waals surface area contributed by atoms with Crippen LogP contribution in [-0.4, -0.2) is 11.3 Å². The number of benzene rings is 1. The number of ether oxygens (including phenoxy) is 1. The van der Waals surface area contributed by atoms with Crippen molar-refractivity contribution >= 4 is 6.16 Å². The number of carboxylic acid groups (broad SMARTS) is 1. The highest BCUT2D eigenvalue weighted by molar-refractivity contribution is 5.62. The fourth-order valence-corrected chi connectivity index (χ4v) is 2.51. The Bertz CT molecular complexity index is 422. The van der Waals surface area contributed by atoms with Crippen molar-refractivity contribution < 1.29 is 14.6 Å². The lowest BCUT2D eigenvalue weighted by molar-refractivity contribution is 0.144. The molecule has 0 aliphatic heterocycles. The summed E-state index contributed by atoms with van der Waals surface area (Å²) in [4.78, 5) is 10.7. The van der Waals surface area contributed by atoms with E-state index in [-0.39, 0.29) is 5.41 Å². The summed E-state index contributed by atoms with van der Waals surface area (Å²) in [5.41, 5.74) is 2.22. The largest absolute Gasteiger partial charge is 0.511 e. The van der Waals surface area contributed by atoms with Crippen LogP contribution in [0.1, 0.15) is 51.7 Å². The Labute approximate surface area is 109 Å². The molecule has 1 N–H and O–H groups in total. The van der Waals surface area contributed by atoms with Gasteiger partial charge < -0.3 is 9.84 Å². The van der Waals surface area contributed by atoms with Crippen molar-refractivity contribution in [3.8, 4) is 5.75 Å². The summed E-state index contributed by atoms with van der Waals surface area (Å²) in [6, 6.07) is 5.66. The third-order valence-electron chi connectivity index (χ3n) is 3.29. The summed E-state index contributed by atoms with van der Waals surface area (Å²) in [5, 5.41) is 8.76. The molecule has 0 spiro atoms. The molecule has 0 heterocycles. The van der Waals surface area contributed by atoms with Gasteiger partial charge in [0.25, 0.3) is 0 Å². The van der Waals surface area contributed by atoms with E-state index in [9.17, 15) is 4.79 Å². The van der Waals surface area contributed by atoms with Crippen LogP contribution in [0.3, 0.4) is 0 Å². The van der Waals surface area contributed by atoms with Gasteiger partial charge in [-0.05, 0) is 35.4 Å². The van der Waals surface area contributed by atoms with Gasteiger partial charge in [-0.3, -0.25) is 0 Å². The Hall–Kier alpha value is -1.51. The second-order valence-electron chi connectivity index (χ2n) is 5.14. The lowest BCUT2D eigenvalue weighted by Crippen LogP contribution is -2.20. The molecule has 18 heavy (non-hydrogen) atoms. The van der Waals surface area contributed by atoms with Crippen LogP contribution >= 0.6 is 0 Å². The van der Waals surface area contributed by atoms with Gasteiger partial charge in [-0.1, -0.05) is 46.2 Å². The van der Waals surface area contributed by atoms with Crippen molar-refractivity contribution in [2.45, 2.75) is 52.4 Å². The monoisotopic (exact) mass is 250 g/mol. The fourth-order valence-electron chi connectivity index (χ4n) is 2.51. The van der Waals surface area contributed by atoms with E-state index in [1.165, 1.54) is 5.56 Å². The minimum Gasteiger partial charge on any atom is -0.449 e. The van der Waals surface area contributed by atoms with Gasteiger partial charge in [0.2, 0.25) is 0 Å². The standard InChI is InChI=1S/C15H22O3/c1-5-10-15(3,4)12-8-7-9-13(11(12)6-2)18-14(16)17/h7-9H,5-6,10H2,1-4H3,(H,16,17). The smallest absolute Gasteiger partial charge is 0.449 e. The molecule has 0 amide bonds. The van der Waals surface area contributed by atoms with E-state index in [4.69, 9.17) is 9.84 Å². The van der Waals surface area contributed by atoms with E-state index in [1.807, 2.05) is 13.0 Å². The topological polar surface area (TPSA) is 46.5 Å². The molecule has 1 rings (SSSR count). The van der Waals surface area contributed by atoms with E-state index in [0.717, 1.165) is 24.8 Å². The molecule has 0 saturated heterocycles. The molecule has 0 atom stereocenters. The summed E-state index contributed by atoms with van der Waals surface area (Å²) < 4.78 is 4.87. The normalized spacial score (nSPS) is 11.3. The highest BCUT2D eigenvalue weighted by Gasteiger charge is 2.24.